The van der Waals surface area contributed by atoms with Crippen molar-refractivity contribution in [1.82, 2.24) is 10.3 Å². The molecule has 0 bridgehead atoms. The fourth-order valence-corrected chi connectivity index (χ4v) is 4.23. The quantitative estimate of drug-likeness (QED) is 0.381. The summed E-state index contributed by atoms with van der Waals surface area (Å²) in [6.07, 6.45) is 1.37. The van der Waals surface area contributed by atoms with Crippen molar-refractivity contribution in [2.24, 2.45) is 0 Å². The molecule has 8 nitrogen and oxygen atoms in total. The van der Waals surface area contributed by atoms with E-state index in [0.29, 0.717) is 12.2 Å². The van der Waals surface area contributed by atoms with Gasteiger partial charge in [0.2, 0.25) is 0 Å². The summed E-state index contributed by atoms with van der Waals surface area (Å²) < 4.78 is 6.20. The normalized spacial score (nSPS) is 18.1. The third-order valence-electron chi connectivity index (χ3n) is 6.00. The Morgan fingerprint density at radius 3 is 2.31 bits per heavy atom. The van der Waals surface area contributed by atoms with Crippen LogP contribution in [0.5, 0.6) is 5.75 Å². The zero-order valence-corrected chi connectivity index (χ0v) is 20.9. The van der Waals surface area contributed by atoms with Gasteiger partial charge in [-0.05, 0) is 70.0 Å². The number of carboxylic acid groups (broad SMARTS) is 2. The number of aliphatic hydroxyl groups excluding tert-OH is 1. The summed E-state index contributed by atoms with van der Waals surface area (Å²) in [5, 5.41) is 31.3. The second-order valence-corrected chi connectivity index (χ2v) is 9.32. The number of aryl methyl sites for hydroxylation is 2. The van der Waals surface area contributed by atoms with Gasteiger partial charge in [-0.25, -0.2) is 9.59 Å². The maximum atomic E-state index is 11.0. The highest BCUT2D eigenvalue weighted by atomic mass is 16.5. The number of fused-ring (bicyclic) bond motifs is 2. The molecular formula is C28H32N2O6. The largest absolute Gasteiger partial charge is 0.485 e. The molecular weight excluding hydrogens is 460 g/mol. The van der Waals surface area contributed by atoms with Crippen molar-refractivity contribution in [3.05, 3.63) is 83.1 Å². The highest BCUT2D eigenvalue weighted by molar-refractivity contribution is 5.89. The fourth-order valence-electron chi connectivity index (χ4n) is 4.23. The predicted molar refractivity (Wildman–Crippen MR) is 137 cm³/mol. The zero-order chi connectivity index (χ0) is 26.5. The van der Waals surface area contributed by atoms with Crippen LogP contribution in [0.3, 0.4) is 0 Å². The Bertz CT molecular complexity index is 1250. The molecule has 4 rings (SSSR count). The Balaban J connectivity index is 0.000000392. The average molecular weight is 493 g/mol. The Morgan fingerprint density at radius 2 is 1.69 bits per heavy atom. The van der Waals surface area contributed by atoms with Crippen molar-refractivity contribution in [2.45, 2.75) is 51.9 Å². The van der Waals surface area contributed by atoms with Crippen molar-refractivity contribution in [2.75, 3.05) is 6.54 Å². The van der Waals surface area contributed by atoms with Gasteiger partial charge in [0, 0.05) is 28.8 Å². The summed E-state index contributed by atoms with van der Waals surface area (Å²) in [4.78, 5) is 23.8. The number of pyridine rings is 1. The molecule has 1 aromatic heterocycles. The van der Waals surface area contributed by atoms with Crippen LogP contribution in [0, 0.1) is 13.8 Å². The second-order valence-electron chi connectivity index (χ2n) is 9.32. The highest BCUT2D eigenvalue weighted by Gasteiger charge is 2.42. The Morgan fingerprint density at radius 1 is 1.06 bits per heavy atom. The number of hydrogen-bond acceptors (Lipinski definition) is 6. The molecule has 0 amide bonds. The summed E-state index contributed by atoms with van der Waals surface area (Å²) in [5.74, 6) is -1.69. The summed E-state index contributed by atoms with van der Waals surface area (Å²) >= 11 is 0. The van der Waals surface area contributed by atoms with Gasteiger partial charge >= 0.3 is 11.9 Å². The summed E-state index contributed by atoms with van der Waals surface area (Å²) in [5.41, 5.74) is 4.72. The van der Waals surface area contributed by atoms with E-state index in [1.165, 1.54) is 11.1 Å². The molecule has 0 fully saturated rings. The first-order valence-corrected chi connectivity index (χ1v) is 11.7. The monoisotopic (exact) mass is 492 g/mol. The lowest BCUT2D eigenvalue weighted by atomic mass is 9.85. The molecule has 8 heteroatoms. The third kappa shape index (κ3) is 6.68. The number of carbonyl (C=O) groups is 2. The molecule has 1 aliphatic heterocycles. The molecule has 3 aromatic rings. The van der Waals surface area contributed by atoms with Crippen molar-refractivity contribution in [1.29, 1.82) is 0 Å². The second kappa shape index (κ2) is 11.3. The molecule has 1 aliphatic rings. The van der Waals surface area contributed by atoms with Crippen molar-refractivity contribution < 1.29 is 29.6 Å². The molecule has 0 spiro atoms. The topological polar surface area (TPSA) is 129 Å². The van der Waals surface area contributed by atoms with E-state index in [-0.39, 0.29) is 6.04 Å². The van der Waals surface area contributed by atoms with Gasteiger partial charge < -0.3 is 25.4 Å². The minimum absolute atomic E-state index is 0.200. The van der Waals surface area contributed by atoms with Gasteiger partial charge in [-0.2, -0.15) is 0 Å². The molecule has 0 unspecified atom stereocenters. The number of ether oxygens (including phenoxy) is 1. The molecule has 0 saturated heterocycles. The minimum atomic E-state index is -1.26. The number of nitrogens with one attached hydrogen (secondary N) is 1. The van der Waals surface area contributed by atoms with Crippen molar-refractivity contribution in [3.63, 3.8) is 0 Å². The van der Waals surface area contributed by atoms with E-state index in [4.69, 9.17) is 19.9 Å². The maximum Gasteiger partial charge on any atom is 0.328 e. The number of rotatable bonds is 6. The Kier molecular flexibility index (Phi) is 8.45. The SMILES string of the molecule is Cc1cc(C)c2cc3c(cc2n1)[C@H](NCCc1ccccc1)[C@@H](O)C(C)(C)O3.O=C(O)/C=C\C(=O)O. The van der Waals surface area contributed by atoms with Crippen LogP contribution in [0.1, 0.15) is 42.3 Å². The highest BCUT2D eigenvalue weighted by Crippen LogP contribution is 2.42. The van der Waals surface area contributed by atoms with Crippen molar-refractivity contribution >= 4 is 22.8 Å². The van der Waals surface area contributed by atoms with Crippen LogP contribution in [0.2, 0.25) is 0 Å². The van der Waals surface area contributed by atoms with Crippen LogP contribution < -0.4 is 10.1 Å². The number of aliphatic hydroxyl groups is 1. The van der Waals surface area contributed by atoms with Gasteiger partial charge in [0.1, 0.15) is 17.5 Å². The standard InChI is InChI=1S/C24H28N2O2.C4H4O4/c1-15-12-16(2)26-20-13-19-21(14-18(15)20)28-24(3,4)23(27)22(19)25-11-10-17-8-6-5-7-9-17;5-3(6)1-2-4(7)8/h5-9,12-14,22-23,25,27H,10-11H2,1-4H3;1-2H,(H,5,6)(H,7,8)/b;2-1-/t22-,23+;/m0./s1. The molecule has 36 heavy (non-hydrogen) atoms. The first-order chi connectivity index (χ1) is 17.0. The van der Waals surface area contributed by atoms with Gasteiger partial charge in [0.25, 0.3) is 0 Å². The molecule has 190 valence electrons. The van der Waals surface area contributed by atoms with Crippen LogP contribution in [0.15, 0.2) is 60.7 Å². The Hall–Kier alpha value is -3.75. The summed E-state index contributed by atoms with van der Waals surface area (Å²) in [6, 6.07) is 16.4. The van der Waals surface area contributed by atoms with E-state index >= 15 is 0 Å². The van der Waals surface area contributed by atoms with Crippen LogP contribution in [0.25, 0.3) is 10.9 Å². The lowest BCUT2D eigenvalue weighted by Gasteiger charge is -2.42. The lowest BCUT2D eigenvalue weighted by Crippen LogP contribution is -2.52. The van der Waals surface area contributed by atoms with Crippen molar-refractivity contribution in [3.8, 4) is 5.75 Å². The molecule has 0 saturated carbocycles. The predicted octanol–water partition coefficient (Wildman–Crippen LogP) is 3.97. The molecule has 0 aliphatic carbocycles. The number of aliphatic carboxylic acids is 2. The van der Waals surface area contributed by atoms with Crippen LogP contribution in [-0.2, 0) is 16.0 Å². The molecule has 2 heterocycles. The summed E-state index contributed by atoms with van der Waals surface area (Å²) in [7, 11) is 0. The molecule has 0 radical (unpaired) electrons. The van der Waals surface area contributed by atoms with E-state index in [9.17, 15) is 14.7 Å². The number of benzene rings is 2. The van der Waals surface area contributed by atoms with Crippen LogP contribution in [0.4, 0.5) is 0 Å². The number of nitrogens with zero attached hydrogens (tertiary/aromatic N) is 1. The Labute approximate surface area is 210 Å². The molecule has 4 N–H and O–H groups in total. The van der Waals surface area contributed by atoms with E-state index in [1.807, 2.05) is 26.8 Å². The average Bonchev–Trinajstić information content (AvgIpc) is 2.80. The van der Waals surface area contributed by atoms with E-state index in [0.717, 1.165) is 40.9 Å². The van der Waals surface area contributed by atoms with Gasteiger partial charge in [-0.3, -0.25) is 4.98 Å². The lowest BCUT2D eigenvalue weighted by molar-refractivity contribution is -0.134. The number of aromatic nitrogens is 1. The molecule has 2 aromatic carbocycles. The number of carboxylic acids is 2. The van der Waals surface area contributed by atoms with E-state index in [2.05, 4.69) is 54.7 Å². The number of hydrogen-bond donors (Lipinski definition) is 4. The maximum absolute atomic E-state index is 11.0. The molecule has 2 atom stereocenters. The van der Waals surface area contributed by atoms with Gasteiger partial charge in [-0.1, -0.05) is 30.3 Å². The summed E-state index contributed by atoms with van der Waals surface area (Å²) in [6.45, 7) is 8.77. The van der Waals surface area contributed by atoms with Gasteiger partial charge in [-0.15, -0.1) is 0 Å². The fraction of sp³-hybridized carbons (Fsp3) is 0.321. The van der Waals surface area contributed by atoms with Crippen LogP contribution >= 0.6 is 0 Å². The zero-order valence-electron chi connectivity index (χ0n) is 20.9. The minimum Gasteiger partial charge on any atom is -0.485 e. The van der Waals surface area contributed by atoms with E-state index in [1.54, 1.807) is 0 Å². The first kappa shape index (κ1) is 26.8. The smallest absolute Gasteiger partial charge is 0.328 e. The van der Waals surface area contributed by atoms with Gasteiger partial charge in [0.05, 0.1) is 11.6 Å². The first-order valence-electron chi connectivity index (χ1n) is 11.7. The third-order valence-corrected chi connectivity index (χ3v) is 6.00. The van der Waals surface area contributed by atoms with Gasteiger partial charge in [0.15, 0.2) is 0 Å². The van der Waals surface area contributed by atoms with E-state index < -0.39 is 23.6 Å². The van der Waals surface area contributed by atoms with Crippen LogP contribution in [-0.4, -0.2) is 50.5 Å².